The Hall–Kier alpha value is -0.870. The SMILES string of the molecule is CCc1nn(C)cc1CN1CCC(CNC(C)(C)C)C1. The molecular weight excluding hydrogens is 248 g/mol. The molecule has 1 unspecified atom stereocenters. The third-order valence-electron chi connectivity index (χ3n) is 4.01. The first-order valence-electron chi connectivity index (χ1n) is 7.86. The van der Waals surface area contributed by atoms with Gasteiger partial charge in [-0.25, -0.2) is 0 Å². The molecule has 20 heavy (non-hydrogen) atoms. The highest BCUT2D eigenvalue weighted by atomic mass is 15.3. The minimum atomic E-state index is 0.228. The van der Waals surface area contributed by atoms with E-state index in [1.165, 1.54) is 30.8 Å². The van der Waals surface area contributed by atoms with Gasteiger partial charge in [0, 0.05) is 37.4 Å². The van der Waals surface area contributed by atoms with E-state index in [4.69, 9.17) is 0 Å². The summed E-state index contributed by atoms with van der Waals surface area (Å²) in [7, 11) is 2.02. The minimum absolute atomic E-state index is 0.228. The fourth-order valence-corrected chi connectivity index (χ4v) is 2.93. The van der Waals surface area contributed by atoms with E-state index in [0.717, 1.165) is 25.4 Å². The summed E-state index contributed by atoms with van der Waals surface area (Å²) in [5.41, 5.74) is 2.88. The van der Waals surface area contributed by atoms with Gasteiger partial charge in [-0.3, -0.25) is 9.58 Å². The van der Waals surface area contributed by atoms with Crippen LogP contribution in [0.5, 0.6) is 0 Å². The van der Waals surface area contributed by atoms with E-state index in [1.807, 2.05) is 11.7 Å². The highest BCUT2D eigenvalue weighted by Gasteiger charge is 2.24. The van der Waals surface area contributed by atoms with Crippen molar-refractivity contribution in [2.75, 3.05) is 19.6 Å². The van der Waals surface area contributed by atoms with Gasteiger partial charge in [-0.15, -0.1) is 0 Å². The molecule has 0 aromatic carbocycles. The summed E-state index contributed by atoms with van der Waals surface area (Å²) in [5, 5.41) is 8.17. The topological polar surface area (TPSA) is 33.1 Å². The summed E-state index contributed by atoms with van der Waals surface area (Å²) < 4.78 is 1.95. The maximum Gasteiger partial charge on any atom is 0.0666 e. The first kappa shape index (κ1) is 15.5. The molecule has 0 bridgehead atoms. The van der Waals surface area contributed by atoms with Crippen molar-refractivity contribution in [2.45, 2.75) is 52.6 Å². The van der Waals surface area contributed by atoms with Crippen LogP contribution in [0.4, 0.5) is 0 Å². The highest BCUT2D eigenvalue weighted by molar-refractivity contribution is 5.17. The Morgan fingerprint density at radius 1 is 1.40 bits per heavy atom. The lowest BCUT2D eigenvalue weighted by Gasteiger charge is -2.23. The van der Waals surface area contributed by atoms with Crippen molar-refractivity contribution in [2.24, 2.45) is 13.0 Å². The number of aromatic nitrogens is 2. The van der Waals surface area contributed by atoms with E-state index >= 15 is 0 Å². The Labute approximate surface area is 123 Å². The molecule has 1 aromatic rings. The van der Waals surface area contributed by atoms with Gasteiger partial charge in [-0.05, 0) is 52.6 Å². The van der Waals surface area contributed by atoms with Crippen LogP contribution in [0.25, 0.3) is 0 Å². The fraction of sp³-hybridized carbons (Fsp3) is 0.812. The number of hydrogen-bond acceptors (Lipinski definition) is 3. The van der Waals surface area contributed by atoms with Gasteiger partial charge in [-0.1, -0.05) is 6.92 Å². The van der Waals surface area contributed by atoms with Gasteiger partial charge in [-0.2, -0.15) is 5.10 Å². The normalized spacial score (nSPS) is 20.8. The molecule has 1 aliphatic heterocycles. The van der Waals surface area contributed by atoms with E-state index in [1.54, 1.807) is 0 Å². The molecule has 1 atom stereocenters. The molecule has 0 saturated carbocycles. The zero-order valence-corrected chi connectivity index (χ0v) is 13.7. The van der Waals surface area contributed by atoms with Crippen LogP contribution in [0.3, 0.4) is 0 Å². The molecule has 4 heteroatoms. The average Bonchev–Trinajstić information content (AvgIpc) is 2.93. The first-order valence-corrected chi connectivity index (χ1v) is 7.86. The molecule has 114 valence electrons. The molecule has 1 N–H and O–H groups in total. The van der Waals surface area contributed by atoms with Crippen LogP contribution in [0.1, 0.15) is 45.4 Å². The maximum absolute atomic E-state index is 4.54. The van der Waals surface area contributed by atoms with E-state index in [2.05, 4.69) is 49.2 Å². The van der Waals surface area contributed by atoms with Crippen molar-refractivity contribution in [3.05, 3.63) is 17.5 Å². The molecule has 2 heterocycles. The zero-order chi connectivity index (χ0) is 14.8. The second-order valence-electron chi connectivity index (χ2n) is 7.15. The molecule has 4 nitrogen and oxygen atoms in total. The number of likely N-dealkylation sites (tertiary alicyclic amines) is 1. The first-order chi connectivity index (χ1) is 9.37. The number of nitrogens with one attached hydrogen (secondary N) is 1. The molecule has 0 spiro atoms. The van der Waals surface area contributed by atoms with Gasteiger partial charge in [0.2, 0.25) is 0 Å². The van der Waals surface area contributed by atoms with Crippen molar-refractivity contribution in [1.29, 1.82) is 0 Å². The smallest absolute Gasteiger partial charge is 0.0666 e. The number of nitrogens with zero attached hydrogens (tertiary/aromatic N) is 3. The summed E-state index contributed by atoms with van der Waals surface area (Å²) in [4.78, 5) is 2.57. The third kappa shape index (κ3) is 4.32. The van der Waals surface area contributed by atoms with Crippen LogP contribution in [-0.2, 0) is 20.0 Å². The van der Waals surface area contributed by atoms with Crippen molar-refractivity contribution < 1.29 is 0 Å². The molecule has 0 aliphatic carbocycles. The van der Waals surface area contributed by atoms with Crippen molar-refractivity contribution >= 4 is 0 Å². The lowest BCUT2D eigenvalue weighted by molar-refractivity contribution is 0.304. The van der Waals surface area contributed by atoms with Crippen molar-refractivity contribution in [3.63, 3.8) is 0 Å². The molecule has 0 radical (unpaired) electrons. The van der Waals surface area contributed by atoms with Crippen LogP contribution in [0, 0.1) is 5.92 Å². The fourth-order valence-electron chi connectivity index (χ4n) is 2.93. The van der Waals surface area contributed by atoms with Gasteiger partial charge in [0.15, 0.2) is 0 Å². The van der Waals surface area contributed by atoms with Gasteiger partial charge >= 0.3 is 0 Å². The van der Waals surface area contributed by atoms with E-state index in [-0.39, 0.29) is 5.54 Å². The van der Waals surface area contributed by atoms with Crippen LogP contribution in [0.15, 0.2) is 6.20 Å². The Balaban J connectivity index is 1.84. The summed E-state index contributed by atoms with van der Waals surface area (Å²) in [6, 6.07) is 0. The molecular formula is C16H30N4. The Kier molecular flexibility index (Phi) is 4.86. The number of rotatable bonds is 5. The van der Waals surface area contributed by atoms with Crippen LogP contribution in [-0.4, -0.2) is 39.9 Å². The summed E-state index contributed by atoms with van der Waals surface area (Å²) in [6.45, 7) is 13.5. The Morgan fingerprint density at radius 2 is 2.15 bits per heavy atom. The second-order valence-corrected chi connectivity index (χ2v) is 7.15. The maximum atomic E-state index is 4.54. The summed E-state index contributed by atoms with van der Waals surface area (Å²) in [6.07, 6.45) is 4.52. The van der Waals surface area contributed by atoms with E-state index in [9.17, 15) is 0 Å². The van der Waals surface area contributed by atoms with Crippen molar-refractivity contribution in [1.82, 2.24) is 20.0 Å². The zero-order valence-electron chi connectivity index (χ0n) is 13.7. The molecule has 1 saturated heterocycles. The van der Waals surface area contributed by atoms with E-state index < -0.39 is 0 Å². The van der Waals surface area contributed by atoms with Crippen LogP contribution < -0.4 is 5.32 Å². The third-order valence-corrected chi connectivity index (χ3v) is 4.01. The highest BCUT2D eigenvalue weighted by Crippen LogP contribution is 2.20. The standard InChI is InChI=1S/C16H30N4/c1-6-15-14(11-19(5)18-15)12-20-8-7-13(10-20)9-17-16(2,3)4/h11,13,17H,6-10,12H2,1-5H3. The molecule has 0 amide bonds. The van der Waals surface area contributed by atoms with Gasteiger partial charge in [0.25, 0.3) is 0 Å². The quantitative estimate of drug-likeness (QED) is 0.896. The molecule has 1 fully saturated rings. The second kappa shape index (κ2) is 6.27. The molecule has 2 rings (SSSR count). The average molecular weight is 278 g/mol. The minimum Gasteiger partial charge on any atom is -0.312 e. The van der Waals surface area contributed by atoms with Gasteiger partial charge in [0.05, 0.1) is 5.69 Å². The monoisotopic (exact) mass is 278 g/mol. The van der Waals surface area contributed by atoms with Gasteiger partial charge in [0.1, 0.15) is 0 Å². The molecule has 1 aliphatic rings. The van der Waals surface area contributed by atoms with Gasteiger partial charge < -0.3 is 5.32 Å². The summed E-state index contributed by atoms with van der Waals surface area (Å²) >= 11 is 0. The van der Waals surface area contributed by atoms with E-state index in [0.29, 0.717) is 0 Å². The number of hydrogen-bond donors (Lipinski definition) is 1. The predicted molar refractivity (Wildman–Crippen MR) is 83.7 cm³/mol. The van der Waals surface area contributed by atoms with Crippen LogP contribution >= 0.6 is 0 Å². The lowest BCUT2D eigenvalue weighted by atomic mass is 10.1. The predicted octanol–water partition coefficient (Wildman–Crippen LogP) is 2.19. The summed E-state index contributed by atoms with van der Waals surface area (Å²) in [5.74, 6) is 0.788. The number of aryl methyl sites for hydroxylation is 2. The Morgan fingerprint density at radius 3 is 2.80 bits per heavy atom. The lowest BCUT2D eigenvalue weighted by Crippen LogP contribution is -2.39. The molecule has 1 aromatic heterocycles. The largest absolute Gasteiger partial charge is 0.312 e. The van der Waals surface area contributed by atoms with Crippen molar-refractivity contribution in [3.8, 4) is 0 Å². The van der Waals surface area contributed by atoms with Crippen LogP contribution in [0.2, 0.25) is 0 Å². The Bertz CT molecular complexity index is 430.